The summed E-state index contributed by atoms with van der Waals surface area (Å²) >= 11 is 10.0. The van der Waals surface area contributed by atoms with Crippen LogP contribution >= 0.6 is 47.8 Å². The Kier molecular flexibility index (Phi) is 39.9. The molecule has 0 amide bonds. The first kappa shape index (κ1) is 113. The van der Waals surface area contributed by atoms with E-state index in [9.17, 15) is 29.5 Å². The molecule has 4 N–H and O–H groups in total. The normalized spacial score (nSPS) is 13.3. The molecule has 0 radical (unpaired) electrons. The van der Waals surface area contributed by atoms with Crippen molar-refractivity contribution in [3.63, 3.8) is 0 Å². The van der Waals surface area contributed by atoms with Gasteiger partial charge in [-0.05, 0) is 293 Å². The van der Waals surface area contributed by atoms with Crippen molar-refractivity contribution in [2.24, 2.45) is 0 Å². The highest BCUT2D eigenvalue weighted by molar-refractivity contribution is 9.11. The summed E-state index contributed by atoms with van der Waals surface area (Å²) in [5, 5.41) is 38.0. The van der Waals surface area contributed by atoms with Gasteiger partial charge in [-0.15, -0.1) is 0 Å². The van der Waals surface area contributed by atoms with Crippen molar-refractivity contribution in [1.82, 2.24) is 0 Å². The van der Waals surface area contributed by atoms with Gasteiger partial charge in [0.2, 0.25) is 0 Å². The monoisotopic (exact) mass is 2200 g/mol. The van der Waals surface area contributed by atoms with E-state index in [0.29, 0.717) is 145 Å². The fourth-order valence-corrected chi connectivity index (χ4v) is 15.1. The fraction of sp³-hybridized carbons (Fsp3) is 0.175. The summed E-state index contributed by atoms with van der Waals surface area (Å²) < 4.78 is 87.4. The van der Waals surface area contributed by atoms with Crippen LogP contribution in [0.25, 0.3) is 33.9 Å². The molecular weight excluding hydrogens is 2100 g/mol. The van der Waals surface area contributed by atoms with Gasteiger partial charge in [0.25, 0.3) is 0 Å². The lowest BCUT2D eigenvalue weighted by Crippen LogP contribution is -2.41. The molecule has 150 heavy (non-hydrogen) atoms. The molecule has 0 unspecified atom stereocenters. The van der Waals surface area contributed by atoms with E-state index in [1.165, 1.54) is 13.8 Å². The summed E-state index contributed by atoms with van der Waals surface area (Å²) in [6, 6.07) is 86.1. The zero-order valence-electron chi connectivity index (χ0n) is 82.8. The van der Waals surface area contributed by atoms with Gasteiger partial charge in [-0.2, -0.15) is 0 Å². The van der Waals surface area contributed by atoms with Gasteiger partial charge >= 0.3 is 40.4 Å². The number of hydrogen-bond donors (Lipinski definition) is 4. The summed E-state index contributed by atoms with van der Waals surface area (Å²) in [7, 11) is -2.77. The molecule has 14 aromatic carbocycles. The third-order valence-corrected chi connectivity index (χ3v) is 25.8. The number of aldehydes is 1. The van der Waals surface area contributed by atoms with Gasteiger partial charge in [0.05, 0.1) is 94.8 Å². The number of halogens is 3. The Morgan fingerprint density at radius 1 is 0.307 bits per heavy atom. The predicted octanol–water partition coefficient (Wildman–Crippen LogP) is 26.5. The van der Waals surface area contributed by atoms with Crippen LogP contribution in [-0.2, 0) is 86.6 Å². The molecule has 0 aliphatic carbocycles. The molecule has 4 aliphatic rings. The summed E-state index contributed by atoms with van der Waals surface area (Å²) in [5.41, 5.74) is 10.7. The number of hydrogen-bond acceptors (Lipinski definition) is 22. The second-order valence-corrected chi connectivity index (χ2v) is 37.6. The Labute approximate surface area is 896 Å². The molecule has 0 bridgehead atoms. The van der Waals surface area contributed by atoms with E-state index in [0.717, 1.165) is 69.4 Å². The van der Waals surface area contributed by atoms with Gasteiger partial charge < -0.3 is 90.8 Å². The number of carbonyl (C=O) groups excluding carboxylic acids is 3. The first-order chi connectivity index (χ1) is 71.9. The minimum absolute atomic E-state index is 0.0472. The van der Waals surface area contributed by atoms with Crippen LogP contribution in [0.1, 0.15) is 113 Å². The van der Waals surface area contributed by atoms with E-state index in [1.807, 2.05) is 122 Å². The number of ether oxygens (including phenoxy) is 9. The number of aliphatic hydroxyl groups is 2. The van der Waals surface area contributed by atoms with Crippen LogP contribution in [0.2, 0.25) is 0 Å². The smallest absolute Gasteiger partial charge is 0.461 e. The first-order valence-corrected chi connectivity index (χ1v) is 48.5. The van der Waals surface area contributed by atoms with Crippen LogP contribution in [0.3, 0.4) is 0 Å². The quantitative estimate of drug-likeness (QED) is 0.0200. The molecule has 0 saturated carbocycles. The van der Waals surface area contributed by atoms with Gasteiger partial charge in [-0.1, -0.05) is 157 Å². The Balaban J connectivity index is 0.000000156. The molecule has 0 aromatic heterocycles. The lowest BCUT2D eigenvalue weighted by atomic mass is 9.76. The third kappa shape index (κ3) is 31.8. The van der Waals surface area contributed by atoms with Crippen LogP contribution < -0.4 is 55.0 Å². The average molecular weight is 2200 g/mol. The second-order valence-electron chi connectivity index (χ2n) is 35.1. The zero-order valence-corrected chi connectivity index (χ0v) is 87.6. The van der Waals surface area contributed by atoms with E-state index < -0.39 is 50.9 Å². The Morgan fingerprint density at radius 3 is 0.800 bits per heavy atom. The van der Waals surface area contributed by atoms with Crippen LogP contribution in [0.4, 0.5) is 39.8 Å². The average Bonchev–Trinajstić information content (AvgIpc) is 1.62. The van der Waals surface area contributed by atoms with Crippen molar-refractivity contribution in [3.8, 4) is 80.5 Å². The molecular formula is C114H96B4Br3N7O22. The molecule has 18 rings (SSSR count). The van der Waals surface area contributed by atoms with Crippen LogP contribution in [0.5, 0.6) is 80.5 Å². The molecule has 14 aromatic rings. The molecule has 2 fully saturated rings. The maximum absolute atomic E-state index is 11.4. The van der Waals surface area contributed by atoms with Crippen LogP contribution in [-0.4, -0.2) is 89.4 Å². The van der Waals surface area contributed by atoms with Crippen molar-refractivity contribution in [2.45, 2.75) is 131 Å². The topological polar surface area (TPSA) is 301 Å². The minimum Gasteiger partial charge on any atom is -0.461 e. The van der Waals surface area contributed by atoms with Gasteiger partial charge in [-0.3, -0.25) is 14.4 Å². The third-order valence-electron chi connectivity index (χ3n) is 23.5. The van der Waals surface area contributed by atoms with E-state index in [4.69, 9.17) is 122 Å². The Bertz CT molecular complexity index is 7290. The van der Waals surface area contributed by atoms with Crippen molar-refractivity contribution < 1.29 is 105 Å². The highest BCUT2D eigenvalue weighted by atomic mass is 79.9. The predicted molar refractivity (Wildman–Crippen MR) is 582 cm³/mol. The summed E-state index contributed by atoms with van der Waals surface area (Å²) in [6.07, 6.45) is 0.763. The van der Waals surface area contributed by atoms with E-state index in [2.05, 4.69) is 81.7 Å². The van der Waals surface area contributed by atoms with Crippen LogP contribution in [0, 0.1) is 46.0 Å². The zero-order chi connectivity index (χ0) is 108. The van der Waals surface area contributed by atoms with Gasteiger partial charge in [-0.25, -0.2) is 33.9 Å². The van der Waals surface area contributed by atoms with E-state index in [1.54, 1.807) is 231 Å². The standard InChI is InChI=1S/C22H24BNO5.C20H22BNO4.C16H12BrNO3.2C14H10BNO3.C14H10BrNO2.C14H8BrNO2/c1-15(25)26-14-16-13-19(27-18-9-7-17(24-6)8-10-18)11-12-20(16)23-28-21(2,3)22(4,5)29-23;1-19(2)20(3,4)26-21(25-19)18-11-10-17(12-14(18)13-23)24-16-8-6-15(22-5)7-9-16;1-11(19)20-10-12-9-15(7-8-16(12)17)21-14-5-3-13(18-2)4-6-14;2*1-16-11-2-4-12(5-3-11)19-13-6-7-14-10(8-13)9-18-15(14)17;2*1-16-11-2-4-12(5-3-11)18-13-6-7-14(15)10(8-13)9-17/h7-13H,14H2,1-5H3;6-12,23H,13H2,1-4H3;3-9H,10H2,1H3;2*2-8,17H,9H2;2-8,17H,9H2;2-9H. The number of fused-ring (bicyclic) bond motifs is 2. The van der Waals surface area contributed by atoms with Crippen molar-refractivity contribution in [2.75, 3.05) is 0 Å². The number of esters is 2. The first-order valence-electron chi connectivity index (χ1n) is 46.1. The summed E-state index contributed by atoms with van der Waals surface area (Å²) in [6.45, 7) is 67.9. The van der Waals surface area contributed by atoms with Gasteiger partial charge in [0.15, 0.2) is 46.1 Å². The summed E-state index contributed by atoms with van der Waals surface area (Å²) in [4.78, 5) is 56.3. The lowest BCUT2D eigenvalue weighted by Gasteiger charge is -2.32. The summed E-state index contributed by atoms with van der Waals surface area (Å²) in [5.74, 6) is 8.24. The maximum atomic E-state index is 11.4. The van der Waals surface area contributed by atoms with E-state index in [-0.39, 0.29) is 38.4 Å². The van der Waals surface area contributed by atoms with Crippen molar-refractivity contribution in [1.29, 1.82) is 0 Å². The van der Waals surface area contributed by atoms with Crippen molar-refractivity contribution in [3.05, 3.63) is 430 Å². The maximum Gasteiger partial charge on any atom is 0.495 e. The molecule has 4 aliphatic heterocycles. The number of rotatable bonds is 23. The molecule has 752 valence electrons. The molecule has 0 atom stereocenters. The minimum atomic E-state index is -0.831. The second kappa shape index (κ2) is 53.1. The fourth-order valence-electron chi connectivity index (χ4n) is 14.1. The number of benzene rings is 14. The highest BCUT2D eigenvalue weighted by Gasteiger charge is 2.54. The van der Waals surface area contributed by atoms with E-state index >= 15 is 0 Å². The van der Waals surface area contributed by atoms with Crippen molar-refractivity contribution >= 4 is 156 Å². The Morgan fingerprint density at radius 2 is 0.527 bits per heavy atom. The number of nitrogens with zero attached hydrogens (tertiary/aromatic N) is 7. The van der Waals surface area contributed by atoms with Gasteiger partial charge in [0, 0.05) is 38.4 Å². The SMILES string of the molecule is [C-]#[N+]c1ccc(Oc2ccc(B3OC(C)(C)C(C)(C)O3)c(CO)c2)cc1.[C-]#[N+]c1ccc(Oc2ccc(B3OC(C)(C)C(C)(C)O3)c(COC(C)=O)c2)cc1.[C-]#[N+]c1ccc(Oc2ccc(Br)c(C=O)c2)cc1.[C-]#[N+]c1ccc(Oc2ccc(Br)c(CO)c2)cc1.[C-]#[N+]c1ccc(Oc2ccc(Br)c(COC(C)=O)c2)cc1.[C-]#[N+]c1ccc(Oc2ccc3c(c2)COB3O)cc1.[C-]#[N+]c1ccc(Oc2ccc3c(c2)COB3O)cc1. The molecule has 4 heterocycles. The highest BCUT2D eigenvalue weighted by Crippen LogP contribution is 2.42. The van der Waals surface area contributed by atoms with Gasteiger partial charge in [0.1, 0.15) is 93.7 Å². The van der Waals surface area contributed by atoms with Crippen LogP contribution in [0.15, 0.2) is 311 Å². The molecule has 29 nitrogen and oxygen atoms in total. The molecule has 0 spiro atoms. The molecule has 36 heteroatoms. The molecule has 2 saturated heterocycles. The number of carbonyl (C=O) groups is 3. The lowest BCUT2D eigenvalue weighted by molar-refractivity contribution is -0.143. The Hall–Kier alpha value is -16.0. The largest absolute Gasteiger partial charge is 0.495 e. The number of aliphatic hydroxyl groups excluding tert-OH is 2.